The Morgan fingerprint density at radius 3 is 2.73 bits per heavy atom. The molecule has 0 radical (unpaired) electrons. The van der Waals surface area contributed by atoms with Gasteiger partial charge in [-0.1, -0.05) is 30.8 Å². The number of H-pyrrole nitrogens is 1. The maximum Gasteiger partial charge on any atom is 0.518 e. The molecule has 1 unspecified atom stereocenters. The van der Waals surface area contributed by atoms with Gasteiger partial charge in [-0.15, -0.1) is 11.8 Å². The van der Waals surface area contributed by atoms with Crippen molar-refractivity contribution in [2.75, 3.05) is 39.9 Å². The van der Waals surface area contributed by atoms with Crippen molar-refractivity contribution in [3.05, 3.63) is 87.8 Å². The maximum atomic E-state index is 14.8. The summed E-state index contributed by atoms with van der Waals surface area (Å²) in [6.07, 6.45) is 0.131. The SMILES string of the molecule is C=COC(=O)Oc1c(OC)c(C)cc2c1[C@H]1C3[C@@H]4SC[C@]5(NCCc6c5[nH]c5ccccc65)C(=O)OC[C@@H](c5c6c(c(C)c(O)c54)OCO6)N3[C@@H](O)[C@H](C2)N1C. The number of aryl methyl sites for hydroxylation is 1. The second kappa shape index (κ2) is 12.8. The number of para-hydroxylation sites is 1. The minimum Gasteiger partial charge on any atom is -0.507 e. The lowest BCUT2D eigenvalue weighted by Crippen LogP contribution is -2.70. The summed E-state index contributed by atoms with van der Waals surface area (Å²) in [5.74, 6) is 1.32. The first-order valence-corrected chi connectivity index (χ1v) is 19.8. The summed E-state index contributed by atoms with van der Waals surface area (Å²) in [4.78, 5) is 35.5. The maximum absolute atomic E-state index is 14.8. The minimum absolute atomic E-state index is 0.0411. The summed E-state index contributed by atoms with van der Waals surface area (Å²) in [5, 5.41) is 29.0. The van der Waals surface area contributed by atoms with E-state index in [9.17, 15) is 19.8 Å². The number of likely N-dealkylation sites (N-methyl/N-ethyl adjacent to an activating group) is 1. The number of fused-ring (bicyclic) bond motifs is 11. The number of aromatic nitrogens is 1. The van der Waals surface area contributed by atoms with Crippen LogP contribution in [0.3, 0.4) is 0 Å². The highest BCUT2D eigenvalue weighted by molar-refractivity contribution is 7.99. The molecule has 4 N–H and O–H groups in total. The number of phenolic OH excluding ortho intramolecular Hbond substituents is 1. The molecule has 1 aromatic heterocycles. The van der Waals surface area contributed by atoms with Crippen LogP contribution in [0, 0.1) is 13.8 Å². The first kappa shape index (κ1) is 35.5. The highest BCUT2D eigenvalue weighted by Gasteiger charge is 2.61. The summed E-state index contributed by atoms with van der Waals surface area (Å²) in [6, 6.07) is 7.78. The number of nitrogens with zero attached hydrogens (tertiary/aromatic N) is 2. The lowest BCUT2D eigenvalue weighted by Gasteiger charge is -2.62. The molecule has 8 heterocycles. The molecule has 0 saturated carbocycles. The smallest absolute Gasteiger partial charge is 0.507 e. The molecule has 3 aromatic carbocycles. The number of thioether (sulfide) groups is 1. The number of carbonyl (C=O) groups is 2. The number of carbonyl (C=O) groups excluding carboxylic acids is 2. The zero-order chi connectivity index (χ0) is 38.8. The third-order valence-corrected chi connectivity index (χ3v) is 14.2. The number of rotatable bonds is 3. The standard InChI is InChI=1S/C41H42N4O10S/c1-6-51-40(49)55-35-26-20(13-18(2)32(35)50-5)14-24-38(47)45-25-15-52-39(48)41(37-22(11-12-42-41)21-9-7-8-10-23(21)43-37)16-56-36(30(45)29(26)44(24)4)28-27(25)34-33(53-17-54-34)19(3)31(28)46/h6-10,13,24-25,29-30,36,38,42-43,46-47H,1,11-12,14-17H2,2-5H3/t24-,25-,29-,30?,36+,38-,41+/m0/s1. The number of aliphatic hydroxyl groups excluding tert-OH is 1. The van der Waals surface area contributed by atoms with Crippen molar-refractivity contribution in [1.82, 2.24) is 20.1 Å². The van der Waals surface area contributed by atoms with Gasteiger partial charge < -0.3 is 43.6 Å². The van der Waals surface area contributed by atoms with E-state index in [1.165, 1.54) is 18.9 Å². The van der Waals surface area contributed by atoms with Crippen LogP contribution in [0.5, 0.6) is 28.7 Å². The zero-order valence-electron chi connectivity index (χ0n) is 31.3. The van der Waals surface area contributed by atoms with Gasteiger partial charge in [-0.05, 0) is 56.5 Å². The Hall–Kier alpha value is -4.93. The van der Waals surface area contributed by atoms with Crippen LogP contribution in [0.25, 0.3) is 10.9 Å². The molecule has 4 bridgehead atoms. The van der Waals surface area contributed by atoms with Crippen LogP contribution in [0.4, 0.5) is 4.79 Å². The molecule has 2 fully saturated rings. The monoisotopic (exact) mass is 782 g/mol. The van der Waals surface area contributed by atoms with Gasteiger partial charge in [0.25, 0.3) is 0 Å². The van der Waals surface area contributed by atoms with Gasteiger partial charge in [0, 0.05) is 51.5 Å². The number of benzene rings is 3. The van der Waals surface area contributed by atoms with E-state index in [1.807, 2.05) is 43.1 Å². The molecule has 0 amide bonds. The number of hydrogen-bond acceptors (Lipinski definition) is 14. The molecule has 11 rings (SSSR count). The van der Waals surface area contributed by atoms with Gasteiger partial charge in [0.2, 0.25) is 6.79 Å². The van der Waals surface area contributed by atoms with E-state index in [0.29, 0.717) is 52.5 Å². The molecule has 7 atom stereocenters. The van der Waals surface area contributed by atoms with Crippen LogP contribution >= 0.6 is 11.8 Å². The summed E-state index contributed by atoms with van der Waals surface area (Å²) in [6.45, 7) is 7.56. The lowest BCUT2D eigenvalue weighted by molar-refractivity contribution is -0.186. The Labute approximate surface area is 326 Å². The number of piperazine rings is 1. The van der Waals surface area contributed by atoms with Crippen molar-refractivity contribution in [1.29, 1.82) is 0 Å². The first-order valence-electron chi connectivity index (χ1n) is 18.8. The Bertz CT molecular complexity index is 2360. The van der Waals surface area contributed by atoms with Crippen LogP contribution in [0.1, 0.15) is 62.0 Å². The molecule has 2 saturated heterocycles. The van der Waals surface area contributed by atoms with E-state index >= 15 is 0 Å². The van der Waals surface area contributed by atoms with E-state index in [0.717, 1.165) is 46.0 Å². The fraction of sp³-hybridized carbons (Fsp3) is 0.415. The van der Waals surface area contributed by atoms with Crippen LogP contribution < -0.4 is 24.3 Å². The number of nitrogens with one attached hydrogen (secondary N) is 2. The average molecular weight is 783 g/mol. The third-order valence-electron chi connectivity index (χ3n) is 12.7. The molecule has 7 aliphatic heterocycles. The second-order valence-corrected chi connectivity index (χ2v) is 16.4. The summed E-state index contributed by atoms with van der Waals surface area (Å²) >= 11 is 1.51. The zero-order valence-corrected chi connectivity index (χ0v) is 32.2. The van der Waals surface area contributed by atoms with E-state index in [-0.39, 0.29) is 30.7 Å². The van der Waals surface area contributed by atoms with Gasteiger partial charge in [-0.25, -0.2) is 9.59 Å². The number of hydrogen-bond donors (Lipinski definition) is 4. The predicted octanol–water partition coefficient (Wildman–Crippen LogP) is 4.91. The lowest BCUT2D eigenvalue weighted by atomic mass is 9.73. The van der Waals surface area contributed by atoms with Crippen molar-refractivity contribution in [2.45, 2.75) is 67.9 Å². The summed E-state index contributed by atoms with van der Waals surface area (Å²) in [5.41, 5.74) is 5.64. The van der Waals surface area contributed by atoms with Crippen molar-refractivity contribution in [3.63, 3.8) is 0 Å². The molecule has 7 aliphatic rings. The summed E-state index contributed by atoms with van der Waals surface area (Å²) in [7, 11) is 3.48. The molecule has 4 aromatic rings. The number of methoxy groups -OCH3 is 1. The molecule has 15 heteroatoms. The predicted molar refractivity (Wildman–Crippen MR) is 204 cm³/mol. The number of aromatic hydroxyl groups is 1. The second-order valence-electron chi connectivity index (χ2n) is 15.3. The highest BCUT2D eigenvalue weighted by atomic mass is 32.2. The quantitative estimate of drug-likeness (QED) is 0.126. The average Bonchev–Trinajstić information content (AvgIpc) is 3.83. The van der Waals surface area contributed by atoms with Crippen molar-refractivity contribution in [3.8, 4) is 28.7 Å². The van der Waals surface area contributed by atoms with Gasteiger partial charge in [-0.3, -0.25) is 15.1 Å². The minimum atomic E-state index is -1.25. The number of phenols is 1. The topological polar surface area (TPSA) is 164 Å². The van der Waals surface area contributed by atoms with Gasteiger partial charge in [-0.2, -0.15) is 0 Å². The van der Waals surface area contributed by atoms with Crippen LogP contribution in [0.2, 0.25) is 0 Å². The molecule has 1 spiro atoms. The number of ether oxygens (including phenoxy) is 6. The van der Waals surface area contributed by atoms with E-state index in [4.69, 9.17) is 28.4 Å². The fourth-order valence-electron chi connectivity index (χ4n) is 10.4. The van der Waals surface area contributed by atoms with Gasteiger partial charge in [0.1, 0.15) is 18.6 Å². The van der Waals surface area contributed by atoms with E-state index in [2.05, 4.69) is 27.8 Å². The van der Waals surface area contributed by atoms with Crippen LogP contribution in [-0.4, -0.2) is 95.3 Å². The molecule has 14 nitrogen and oxygen atoms in total. The molecular formula is C41H42N4O10S. The van der Waals surface area contributed by atoms with Gasteiger partial charge in [0.15, 0.2) is 28.5 Å². The normalized spacial score (nSPS) is 28.8. The highest BCUT2D eigenvalue weighted by Crippen LogP contribution is 2.64. The third kappa shape index (κ3) is 4.72. The van der Waals surface area contributed by atoms with Crippen LogP contribution in [-0.2, 0) is 32.6 Å². The summed E-state index contributed by atoms with van der Waals surface area (Å²) < 4.78 is 35.5. The Kier molecular flexibility index (Phi) is 8.11. The Balaban J connectivity index is 1.22. The number of aliphatic hydroxyl groups is 1. The molecule has 56 heavy (non-hydrogen) atoms. The van der Waals surface area contributed by atoms with E-state index in [1.54, 1.807) is 6.92 Å². The largest absolute Gasteiger partial charge is 0.518 e. The fourth-order valence-corrected chi connectivity index (χ4v) is 12.1. The molecule has 0 aliphatic carbocycles. The number of esters is 1. The molecular weight excluding hydrogens is 741 g/mol. The van der Waals surface area contributed by atoms with Crippen molar-refractivity contribution in [2.24, 2.45) is 0 Å². The van der Waals surface area contributed by atoms with Gasteiger partial charge >= 0.3 is 12.1 Å². The van der Waals surface area contributed by atoms with E-state index < -0.39 is 53.3 Å². The Morgan fingerprint density at radius 1 is 1.12 bits per heavy atom. The Morgan fingerprint density at radius 2 is 1.93 bits per heavy atom. The van der Waals surface area contributed by atoms with Crippen LogP contribution in [0.15, 0.2) is 43.2 Å². The van der Waals surface area contributed by atoms with Gasteiger partial charge in [0.05, 0.1) is 42.4 Å². The molecule has 292 valence electrons. The first-order chi connectivity index (χ1) is 27.1. The van der Waals surface area contributed by atoms with Crippen molar-refractivity contribution < 1.29 is 48.2 Å². The number of aromatic amines is 1. The van der Waals surface area contributed by atoms with Crippen molar-refractivity contribution >= 4 is 34.8 Å².